The molecule has 4 aromatic rings. The van der Waals surface area contributed by atoms with Crippen molar-refractivity contribution in [1.82, 2.24) is 14.5 Å². The molecule has 1 heterocycles. The van der Waals surface area contributed by atoms with E-state index in [1.54, 1.807) is 36.4 Å². The first-order chi connectivity index (χ1) is 16.4. The molecule has 0 aliphatic heterocycles. The molecule has 0 unspecified atom stereocenters. The summed E-state index contributed by atoms with van der Waals surface area (Å²) in [6.45, 7) is 5.94. The van der Waals surface area contributed by atoms with Crippen LogP contribution < -0.4 is 21.3 Å². The molecule has 0 aliphatic carbocycles. The number of aryl methyl sites for hydroxylation is 1. The Labute approximate surface area is 197 Å². The molecule has 0 fully saturated rings. The SMILES string of the molecule is CCOc1ccc(-n2c(=O)c3cc(C)ccc3n(CC(=O)N[C@H](C)c3ccccc3)c2=O)cc1. The fourth-order valence-electron chi connectivity index (χ4n) is 3.98. The number of hydrogen-bond donors (Lipinski definition) is 1. The van der Waals surface area contributed by atoms with E-state index < -0.39 is 11.2 Å². The highest BCUT2D eigenvalue weighted by Gasteiger charge is 2.18. The van der Waals surface area contributed by atoms with Crippen LogP contribution in [-0.2, 0) is 11.3 Å². The summed E-state index contributed by atoms with van der Waals surface area (Å²) in [5, 5.41) is 3.31. The molecule has 0 radical (unpaired) electrons. The first kappa shape index (κ1) is 23.0. The van der Waals surface area contributed by atoms with Crippen molar-refractivity contribution in [2.75, 3.05) is 6.61 Å². The number of amides is 1. The van der Waals surface area contributed by atoms with Gasteiger partial charge in [0.2, 0.25) is 5.91 Å². The zero-order valence-electron chi connectivity index (χ0n) is 19.4. The molecular weight excluding hydrogens is 430 g/mol. The molecule has 1 aromatic heterocycles. The Morgan fingerprint density at radius 3 is 2.38 bits per heavy atom. The van der Waals surface area contributed by atoms with Gasteiger partial charge in [0.15, 0.2) is 0 Å². The highest BCUT2D eigenvalue weighted by molar-refractivity contribution is 5.82. The van der Waals surface area contributed by atoms with Gasteiger partial charge in [-0.2, -0.15) is 0 Å². The van der Waals surface area contributed by atoms with Gasteiger partial charge in [0.05, 0.1) is 29.2 Å². The van der Waals surface area contributed by atoms with Gasteiger partial charge in [-0.25, -0.2) is 9.36 Å². The predicted molar refractivity (Wildman–Crippen MR) is 133 cm³/mol. The van der Waals surface area contributed by atoms with E-state index in [2.05, 4.69) is 5.32 Å². The van der Waals surface area contributed by atoms with E-state index in [4.69, 9.17) is 4.74 Å². The number of ether oxygens (including phenoxy) is 1. The van der Waals surface area contributed by atoms with Gasteiger partial charge >= 0.3 is 5.69 Å². The van der Waals surface area contributed by atoms with E-state index in [-0.39, 0.29) is 18.5 Å². The van der Waals surface area contributed by atoms with Crippen LogP contribution in [0.5, 0.6) is 5.75 Å². The Morgan fingerprint density at radius 1 is 1.00 bits per heavy atom. The lowest BCUT2D eigenvalue weighted by Gasteiger charge is -2.17. The zero-order chi connectivity index (χ0) is 24.2. The lowest BCUT2D eigenvalue weighted by atomic mass is 10.1. The number of nitrogens with one attached hydrogen (secondary N) is 1. The molecule has 0 spiro atoms. The number of nitrogens with zero attached hydrogens (tertiary/aromatic N) is 2. The lowest BCUT2D eigenvalue weighted by Crippen LogP contribution is -2.42. The maximum atomic E-state index is 13.5. The molecular formula is C27H27N3O4. The van der Waals surface area contributed by atoms with Crippen LogP contribution in [0.1, 0.15) is 31.0 Å². The van der Waals surface area contributed by atoms with E-state index in [9.17, 15) is 14.4 Å². The largest absolute Gasteiger partial charge is 0.494 e. The Bertz CT molecular complexity index is 1440. The summed E-state index contributed by atoms with van der Waals surface area (Å²) >= 11 is 0. The van der Waals surface area contributed by atoms with Crippen molar-refractivity contribution < 1.29 is 9.53 Å². The van der Waals surface area contributed by atoms with Crippen LogP contribution in [0.15, 0.2) is 82.4 Å². The van der Waals surface area contributed by atoms with Gasteiger partial charge in [-0.05, 0) is 62.7 Å². The molecule has 3 aromatic carbocycles. The first-order valence-electron chi connectivity index (χ1n) is 11.2. The van der Waals surface area contributed by atoms with Crippen molar-refractivity contribution in [3.05, 3.63) is 105 Å². The molecule has 34 heavy (non-hydrogen) atoms. The molecule has 7 nitrogen and oxygen atoms in total. The van der Waals surface area contributed by atoms with Crippen LogP contribution in [0, 0.1) is 6.92 Å². The van der Waals surface area contributed by atoms with Crippen molar-refractivity contribution in [3.63, 3.8) is 0 Å². The summed E-state index contributed by atoms with van der Waals surface area (Å²) in [6.07, 6.45) is 0. The van der Waals surface area contributed by atoms with E-state index in [0.29, 0.717) is 28.9 Å². The average molecular weight is 458 g/mol. The Morgan fingerprint density at radius 2 is 1.71 bits per heavy atom. The number of carbonyl (C=O) groups is 1. The van der Waals surface area contributed by atoms with E-state index in [1.165, 1.54) is 4.57 Å². The number of carbonyl (C=O) groups excluding carboxylic acids is 1. The maximum absolute atomic E-state index is 13.5. The van der Waals surface area contributed by atoms with Gasteiger partial charge in [0.1, 0.15) is 12.3 Å². The summed E-state index contributed by atoms with van der Waals surface area (Å²) in [4.78, 5) is 39.8. The summed E-state index contributed by atoms with van der Waals surface area (Å²) < 4.78 is 7.92. The number of benzene rings is 3. The van der Waals surface area contributed by atoms with Crippen LogP contribution in [0.25, 0.3) is 16.6 Å². The molecule has 0 bridgehead atoms. The van der Waals surface area contributed by atoms with Crippen molar-refractivity contribution in [1.29, 1.82) is 0 Å². The monoisotopic (exact) mass is 457 g/mol. The molecule has 174 valence electrons. The van der Waals surface area contributed by atoms with Gasteiger partial charge in [-0.3, -0.25) is 14.2 Å². The number of rotatable bonds is 7. The smallest absolute Gasteiger partial charge is 0.336 e. The molecule has 4 rings (SSSR count). The lowest BCUT2D eigenvalue weighted by molar-refractivity contribution is -0.122. The molecule has 1 atom stereocenters. The molecule has 1 amide bonds. The van der Waals surface area contributed by atoms with E-state index in [1.807, 2.05) is 57.2 Å². The number of aromatic nitrogens is 2. The third-order valence-electron chi connectivity index (χ3n) is 5.68. The van der Waals surface area contributed by atoms with Crippen LogP contribution in [0.2, 0.25) is 0 Å². The van der Waals surface area contributed by atoms with E-state index in [0.717, 1.165) is 15.7 Å². The number of fused-ring (bicyclic) bond motifs is 1. The van der Waals surface area contributed by atoms with Crippen LogP contribution in [0.4, 0.5) is 0 Å². The fourth-order valence-corrected chi connectivity index (χ4v) is 3.98. The second kappa shape index (κ2) is 9.79. The van der Waals surface area contributed by atoms with Crippen molar-refractivity contribution in [2.24, 2.45) is 0 Å². The Kier molecular flexibility index (Phi) is 6.63. The minimum absolute atomic E-state index is 0.215. The van der Waals surface area contributed by atoms with Gasteiger partial charge in [0, 0.05) is 0 Å². The summed E-state index contributed by atoms with van der Waals surface area (Å²) in [5.41, 5.74) is 1.67. The van der Waals surface area contributed by atoms with Crippen molar-refractivity contribution in [3.8, 4) is 11.4 Å². The normalized spacial score (nSPS) is 11.9. The maximum Gasteiger partial charge on any atom is 0.336 e. The predicted octanol–water partition coefficient (Wildman–Crippen LogP) is 3.74. The van der Waals surface area contributed by atoms with Gasteiger partial charge < -0.3 is 10.1 Å². The summed E-state index contributed by atoms with van der Waals surface area (Å²) in [7, 11) is 0. The van der Waals surface area contributed by atoms with Gasteiger partial charge in [-0.15, -0.1) is 0 Å². The summed E-state index contributed by atoms with van der Waals surface area (Å²) in [5.74, 6) is 0.322. The zero-order valence-corrected chi connectivity index (χ0v) is 19.4. The van der Waals surface area contributed by atoms with Gasteiger partial charge in [0.25, 0.3) is 5.56 Å². The molecule has 7 heteroatoms. The Hall–Kier alpha value is -4.13. The first-order valence-corrected chi connectivity index (χ1v) is 11.2. The quantitative estimate of drug-likeness (QED) is 0.458. The molecule has 0 saturated carbocycles. The average Bonchev–Trinajstić information content (AvgIpc) is 2.84. The van der Waals surface area contributed by atoms with Crippen molar-refractivity contribution >= 4 is 16.8 Å². The third-order valence-corrected chi connectivity index (χ3v) is 5.68. The van der Waals surface area contributed by atoms with Crippen LogP contribution >= 0.6 is 0 Å². The van der Waals surface area contributed by atoms with Crippen molar-refractivity contribution in [2.45, 2.75) is 33.4 Å². The van der Waals surface area contributed by atoms with E-state index >= 15 is 0 Å². The second-order valence-corrected chi connectivity index (χ2v) is 8.16. The Balaban J connectivity index is 1.77. The van der Waals surface area contributed by atoms with Gasteiger partial charge in [-0.1, -0.05) is 42.0 Å². The molecule has 0 saturated heterocycles. The highest BCUT2D eigenvalue weighted by Crippen LogP contribution is 2.16. The van der Waals surface area contributed by atoms with Crippen LogP contribution in [-0.4, -0.2) is 21.6 Å². The highest BCUT2D eigenvalue weighted by atomic mass is 16.5. The number of hydrogen-bond acceptors (Lipinski definition) is 4. The fraction of sp³-hybridized carbons (Fsp3) is 0.222. The third kappa shape index (κ3) is 4.64. The topological polar surface area (TPSA) is 82.3 Å². The van der Waals surface area contributed by atoms with Crippen LogP contribution in [0.3, 0.4) is 0 Å². The second-order valence-electron chi connectivity index (χ2n) is 8.16. The minimum Gasteiger partial charge on any atom is -0.494 e. The molecule has 0 aliphatic rings. The summed E-state index contributed by atoms with van der Waals surface area (Å²) in [6, 6.07) is 21.4. The molecule has 1 N–H and O–H groups in total. The standard InChI is InChI=1S/C27H27N3O4/c1-4-34-22-13-11-21(12-14-22)30-26(32)23-16-18(2)10-15-24(23)29(27(30)33)17-25(31)28-19(3)20-8-6-5-7-9-20/h5-16,19H,4,17H2,1-3H3,(H,28,31)/t19-/m1/s1. The minimum atomic E-state index is -0.576.